The van der Waals surface area contributed by atoms with Gasteiger partial charge in [-0.05, 0) is 13.0 Å². The number of aromatic amines is 1. The van der Waals surface area contributed by atoms with Crippen molar-refractivity contribution in [3.05, 3.63) is 40.3 Å². The Morgan fingerprint density at radius 3 is 2.88 bits per heavy atom. The minimum atomic E-state index is -0.366. The average Bonchev–Trinajstić information content (AvgIpc) is 2.33. The lowest BCUT2D eigenvalue weighted by Gasteiger charge is -2.09. The zero-order chi connectivity index (χ0) is 12.4. The van der Waals surface area contributed by atoms with E-state index in [1.807, 2.05) is 13.8 Å². The van der Waals surface area contributed by atoms with Gasteiger partial charge < -0.3 is 4.98 Å². The van der Waals surface area contributed by atoms with Crippen molar-refractivity contribution in [3.63, 3.8) is 0 Å². The summed E-state index contributed by atoms with van der Waals surface area (Å²) < 4.78 is 14.2. The average molecular weight is 249 g/mol. The number of H-pyrrole nitrogens is 1. The summed E-state index contributed by atoms with van der Waals surface area (Å²) in [6, 6.07) is 1.63. The summed E-state index contributed by atoms with van der Waals surface area (Å²) in [5, 5.41) is 0. The van der Waals surface area contributed by atoms with Gasteiger partial charge in [0.2, 0.25) is 0 Å². The summed E-state index contributed by atoms with van der Waals surface area (Å²) in [4.78, 5) is 11.1. The van der Waals surface area contributed by atoms with Gasteiger partial charge in [-0.1, -0.05) is 19.1 Å². The fourth-order valence-corrected chi connectivity index (χ4v) is 1.81. The summed E-state index contributed by atoms with van der Waals surface area (Å²) in [6.07, 6.45) is 3.47. The van der Waals surface area contributed by atoms with Gasteiger partial charge in [-0.25, -0.2) is 9.37 Å². The van der Waals surface area contributed by atoms with Crippen molar-refractivity contribution in [2.45, 2.75) is 20.3 Å². The molecule has 0 atom stereocenters. The van der Waals surface area contributed by atoms with Crippen LogP contribution in [-0.4, -0.2) is 15.0 Å². The lowest BCUT2D eigenvalue weighted by molar-refractivity contribution is 0.624. The van der Waals surface area contributed by atoms with Gasteiger partial charge >= 0.3 is 0 Å². The molecule has 2 rings (SSSR count). The van der Waals surface area contributed by atoms with Crippen LogP contribution in [-0.2, 0) is 6.42 Å². The van der Waals surface area contributed by atoms with E-state index >= 15 is 0 Å². The second-order valence-corrected chi connectivity index (χ2v) is 4.08. The van der Waals surface area contributed by atoms with E-state index < -0.39 is 0 Å². The van der Waals surface area contributed by atoms with Gasteiger partial charge in [-0.3, -0.25) is 4.98 Å². The number of hydrogen-bond donors (Lipinski definition) is 1. The molecule has 2 aromatic heterocycles. The van der Waals surface area contributed by atoms with Crippen LogP contribution in [0.2, 0.25) is 0 Å². The molecule has 0 saturated heterocycles. The van der Waals surface area contributed by atoms with Gasteiger partial charge in [-0.15, -0.1) is 0 Å². The third-order valence-electron chi connectivity index (χ3n) is 2.58. The Bertz CT molecular complexity index is 607. The van der Waals surface area contributed by atoms with E-state index in [-0.39, 0.29) is 5.82 Å². The smallest absolute Gasteiger partial charge is 0.150 e. The predicted molar refractivity (Wildman–Crippen MR) is 66.7 cm³/mol. The van der Waals surface area contributed by atoms with E-state index in [0.29, 0.717) is 15.9 Å². The fourth-order valence-electron chi connectivity index (χ4n) is 1.59. The molecule has 0 unspecified atom stereocenters. The highest BCUT2D eigenvalue weighted by atomic mass is 32.1. The van der Waals surface area contributed by atoms with E-state index in [1.165, 1.54) is 6.20 Å². The van der Waals surface area contributed by atoms with Crippen molar-refractivity contribution in [1.82, 2.24) is 15.0 Å². The second-order valence-electron chi connectivity index (χ2n) is 3.70. The molecule has 0 bridgehead atoms. The summed E-state index contributed by atoms with van der Waals surface area (Å²) in [5.74, 6) is 0.390. The van der Waals surface area contributed by atoms with Crippen LogP contribution in [0.15, 0.2) is 18.5 Å². The Morgan fingerprint density at radius 2 is 2.24 bits per heavy atom. The summed E-state index contributed by atoms with van der Waals surface area (Å²) in [6.45, 7) is 3.80. The zero-order valence-corrected chi connectivity index (χ0v) is 10.4. The Kier molecular flexibility index (Phi) is 3.28. The third kappa shape index (κ3) is 2.24. The van der Waals surface area contributed by atoms with Crippen LogP contribution in [0.4, 0.5) is 4.39 Å². The molecule has 0 amide bonds. The number of hydrogen-bond acceptors (Lipinski definition) is 3. The van der Waals surface area contributed by atoms with E-state index in [1.54, 1.807) is 12.3 Å². The number of aromatic nitrogens is 3. The largest absolute Gasteiger partial charge is 0.343 e. The van der Waals surface area contributed by atoms with Crippen molar-refractivity contribution >= 4 is 12.2 Å². The predicted octanol–water partition coefficient (Wildman–Crippen LogP) is 3.21. The van der Waals surface area contributed by atoms with Crippen LogP contribution >= 0.6 is 12.2 Å². The second kappa shape index (κ2) is 4.71. The highest BCUT2D eigenvalue weighted by molar-refractivity contribution is 7.71. The van der Waals surface area contributed by atoms with Crippen LogP contribution in [0.5, 0.6) is 0 Å². The molecule has 0 radical (unpaired) electrons. The molecule has 0 saturated carbocycles. The van der Waals surface area contributed by atoms with Crippen molar-refractivity contribution in [3.8, 4) is 11.3 Å². The molecule has 2 aromatic rings. The molecule has 0 aliphatic rings. The van der Waals surface area contributed by atoms with Gasteiger partial charge in [0.05, 0.1) is 11.9 Å². The molecule has 0 aliphatic heterocycles. The normalized spacial score (nSPS) is 10.5. The van der Waals surface area contributed by atoms with Gasteiger partial charge in [0.15, 0.2) is 5.82 Å². The Balaban J connectivity index is 2.71. The third-order valence-corrected chi connectivity index (χ3v) is 2.98. The molecule has 0 aromatic carbocycles. The maximum atomic E-state index is 13.7. The molecule has 2 heterocycles. The van der Waals surface area contributed by atoms with E-state index in [4.69, 9.17) is 12.2 Å². The van der Waals surface area contributed by atoms with Gasteiger partial charge in [0.1, 0.15) is 10.5 Å². The molecule has 17 heavy (non-hydrogen) atoms. The molecular weight excluding hydrogens is 237 g/mol. The van der Waals surface area contributed by atoms with Gasteiger partial charge in [0.25, 0.3) is 0 Å². The highest BCUT2D eigenvalue weighted by Crippen LogP contribution is 2.23. The number of nitrogens with one attached hydrogen (secondary N) is 1. The summed E-state index contributed by atoms with van der Waals surface area (Å²) in [5.41, 5.74) is 1.93. The Morgan fingerprint density at radius 1 is 1.47 bits per heavy atom. The quantitative estimate of drug-likeness (QED) is 0.831. The van der Waals surface area contributed by atoms with Crippen LogP contribution in [0.1, 0.15) is 18.3 Å². The van der Waals surface area contributed by atoms with Gasteiger partial charge in [-0.2, -0.15) is 0 Å². The van der Waals surface area contributed by atoms with Crippen LogP contribution < -0.4 is 0 Å². The first-order valence-corrected chi connectivity index (χ1v) is 5.74. The topological polar surface area (TPSA) is 41.6 Å². The summed E-state index contributed by atoms with van der Waals surface area (Å²) >= 11 is 5.17. The van der Waals surface area contributed by atoms with Gasteiger partial charge in [0, 0.05) is 23.7 Å². The monoisotopic (exact) mass is 249 g/mol. The van der Waals surface area contributed by atoms with Crippen molar-refractivity contribution in [1.29, 1.82) is 0 Å². The minimum Gasteiger partial charge on any atom is -0.343 e. The Labute approximate surface area is 104 Å². The first-order valence-electron chi connectivity index (χ1n) is 5.33. The molecule has 3 nitrogen and oxygen atoms in total. The highest BCUT2D eigenvalue weighted by Gasteiger charge is 2.10. The number of pyridine rings is 1. The number of rotatable bonds is 2. The lowest BCUT2D eigenvalue weighted by atomic mass is 10.1. The standard InChI is InChI=1S/C12H12FN3S/c1-3-10-15-11(7(2)12(17)16-10)8-4-5-14-6-9(8)13/h4-6H,3H2,1-2H3,(H,15,16,17). The van der Waals surface area contributed by atoms with Crippen molar-refractivity contribution in [2.24, 2.45) is 0 Å². The maximum Gasteiger partial charge on any atom is 0.150 e. The minimum absolute atomic E-state index is 0.366. The molecule has 0 aliphatic carbocycles. The molecule has 5 heteroatoms. The van der Waals surface area contributed by atoms with Crippen LogP contribution in [0.25, 0.3) is 11.3 Å². The van der Waals surface area contributed by atoms with Crippen molar-refractivity contribution < 1.29 is 4.39 Å². The first-order chi connectivity index (χ1) is 8.13. The number of halogens is 1. The SMILES string of the molecule is CCc1nc(=S)c(C)c(-c2ccncc2F)[nH]1. The molecule has 0 spiro atoms. The first kappa shape index (κ1) is 11.9. The molecular formula is C12H12FN3S. The van der Waals surface area contributed by atoms with Crippen LogP contribution in [0.3, 0.4) is 0 Å². The fraction of sp³-hybridized carbons (Fsp3) is 0.250. The number of aryl methyl sites for hydroxylation is 1. The van der Waals surface area contributed by atoms with E-state index in [9.17, 15) is 4.39 Å². The lowest BCUT2D eigenvalue weighted by Crippen LogP contribution is -2.00. The summed E-state index contributed by atoms with van der Waals surface area (Å²) in [7, 11) is 0. The molecule has 88 valence electrons. The maximum absolute atomic E-state index is 13.7. The molecule has 1 N–H and O–H groups in total. The van der Waals surface area contributed by atoms with E-state index in [2.05, 4.69) is 15.0 Å². The van der Waals surface area contributed by atoms with E-state index in [0.717, 1.165) is 17.8 Å². The molecule has 0 fully saturated rings. The van der Waals surface area contributed by atoms with Crippen molar-refractivity contribution in [2.75, 3.05) is 0 Å². The zero-order valence-electron chi connectivity index (χ0n) is 9.62. The Hall–Kier alpha value is -1.62. The number of nitrogens with zero attached hydrogens (tertiary/aromatic N) is 2. The van der Waals surface area contributed by atoms with Crippen LogP contribution in [0, 0.1) is 17.4 Å².